The van der Waals surface area contributed by atoms with Gasteiger partial charge in [0.1, 0.15) is 0 Å². The molecule has 5 aromatic rings. The molecular formula is C22H13O2Si3. The largest absolute Gasteiger partial charge is 0.435 e. The Morgan fingerprint density at radius 3 is 2.00 bits per heavy atom. The summed E-state index contributed by atoms with van der Waals surface area (Å²) < 4.78 is 10.5. The van der Waals surface area contributed by atoms with Gasteiger partial charge in [-0.25, -0.2) is 0 Å². The predicted molar refractivity (Wildman–Crippen MR) is 116 cm³/mol. The molecule has 0 saturated heterocycles. The molecule has 5 heteroatoms. The van der Waals surface area contributed by atoms with E-state index < -0.39 is 0 Å². The van der Waals surface area contributed by atoms with Gasteiger partial charge in [0, 0.05) is 0 Å². The van der Waals surface area contributed by atoms with Crippen molar-refractivity contribution >= 4 is 78.5 Å². The van der Waals surface area contributed by atoms with Crippen molar-refractivity contribution in [3.8, 4) is 0 Å². The van der Waals surface area contributed by atoms with Gasteiger partial charge in [0.25, 0.3) is 9.76 Å². The smallest absolute Gasteiger partial charge is 0.409 e. The standard InChI is InChI=1S/C22H13O2Si3/c25-23-27-24-26-22-7-3-6-16-11-18-9-8-17-10-14-4-1-2-5-15(14)12-19(17)20(18)13-21(16)22/h1-13H. The quantitative estimate of drug-likeness (QED) is 0.197. The monoisotopic (exact) mass is 393 g/mol. The first-order valence-corrected chi connectivity index (χ1v) is 10.7. The second kappa shape index (κ2) is 7.03. The molecule has 5 aromatic carbocycles. The van der Waals surface area contributed by atoms with E-state index in [9.17, 15) is 0 Å². The second-order valence-corrected chi connectivity index (χ2v) is 9.02. The normalized spacial score (nSPS) is 11.7. The van der Waals surface area contributed by atoms with Crippen LogP contribution in [0.5, 0.6) is 0 Å². The topological polar surface area (TPSA) is 18.5 Å². The third kappa shape index (κ3) is 3.03. The molecule has 0 atom stereocenters. The summed E-state index contributed by atoms with van der Waals surface area (Å²) in [6.45, 7) is 0. The van der Waals surface area contributed by atoms with E-state index in [1.165, 1.54) is 48.3 Å². The van der Waals surface area contributed by atoms with E-state index in [-0.39, 0.29) is 19.8 Å². The molecule has 0 spiro atoms. The van der Waals surface area contributed by atoms with Crippen LogP contribution in [0.15, 0.2) is 78.9 Å². The van der Waals surface area contributed by atoms with Crippen LogP contribution in [0.25, 0.3) is 43.1 Å². The number of hydrogen-bond acceptors (Lipinski definition) is 2. The van der Waals surface area contributed by atoms with Gasteiger partial charge in [0.2, 0.25) is 10.5 Å². The van der Waals surface area contributed by atoms with E-state index in [2.05, 4.69) is 89.3 Å². The Bertz CT molecular complexity index is 1300. The zero-order valence-electron chi connectivity index (χ0n) is 14.3. The van der Waals surface area contributed by atoms with Crippen molar-refractivity contribution in [2.75, 3.05) is 0 Å². The number of benzene rings is 5. The van der Waals surface area contributed by atoms with Gasteiger partial charge in [-0.05, 0) is 72.5 Å². The summed E-state index contributed by atoms with van der Waals surface area (Å²) in [5.41, 5.74) is 0. The molecule has 27 heavy (non-hydrogen) atoms. The Hall–Kier alpha value is -2.29. The summed E-state index contributed by atoms with van der Waals surface area (Å²) >= 11 is 0. The average molecular weight is 394 g/mol. The molecule has 0 fully saturated rings. The van der Waals surface area contributed by atoms with Gasteiger partial charge in [0.05, 0.1) is 0 Å². The highest BCUT2D eigenvalue weighted by Crippen LogP contribution is 2.31. The fourth-order valence-corrected chi connectivity index (χ4v) is 5.35. The van der Waals surface area contributed by atoms with Crippen LogP contribution in [0.1, 0.15) is 0 Å². The van der Waals surface area contributed by atoms with Crippen molar-refractivity contribution in [3.63, 3.8) is 0 Å². The highest BCUT2D eigenvalue weighted by Gasteiger charge is 2.08. The van der Waals surface area contributed by atoms with Crippen LogP contribution in [-0.2, 0) is 8.23 Å². The van der Waals surface area contributed by atoms with E-state index in [0.717, 1.165) is 0 Å². The first kappa shape index (κ1) is 16.9. The van der Waals surface area contributed by atoms with Gasteiger partial charge in [-0.3, -0.25) is 0 Å². The maximum Gasteiger partial charge on any atom is 0.409 e. The molecule has 2 nitrogen and oxygen atoms in total. The van der Waals surface area contributed by atoms with Crippen molar-refractivity contribution in [2.45, 2.75) is 0 Å². The van der Waals surface area contributed by atoms with Gasteiger partial charge in [0.15, 0.2) is 0 Å². The SMILES string of the molecule is [Si]O[Si]O[Si]c1cccc2cc3ccc4cc5ccccc5cc4c3cc12. The predicted octanol–water partition coefficient (Wildman–Crippen LogP) is 4.19. The molecular weight excluding hydrogens is 380 g/mol. The van der Waals surface area contributed by atoms with Crippen molar-refractivity contribution in [2.24, 2.45) is 0 Å². The van der Waals surface area contributed by atoms with Crippen molar-refractivity contribution in [1.82, 2.24) is 0 Å². The molecule has 0 amide bonds. The summed E-state index contributed by atoms with van der Waals surface area (Å²) in [5, 5.41) is 11.3. The highest BCUT2D eigenvalue weighted by atomic mass is 28.3. The zero-order chi connectivity index (χ0) is 18.2. The molecule has 0 aliphatic heterocycles. The molecule has 0 bridgehead atoms. The van der Waals surface area contributed by atoms with Crippen molar-refractivity contribution in [3.05, 3.63) is 78.9 Å². The Morgan fingerprint density at radius 2 is 1.22 bits per heavy atom. The maximum absolute atomic E-state index is 5.62. The summed E-state index contributed by atoms with van der Waals surface area (Å²) in [7, 11) is 3.24. The van der Waals surface area contributed by atoms with E-state index >= 15 is 0 Å². The van der Waals surface area contributed by atoms with E-state index in [0.29, 0.717) is 0 Å². The van der Waals surface area contributed by atoms with Crippen molar-refractivity contribution in [1.29, 1.82) is 0 Å². The van der Waals surface area contributed by atoms with E-state index in [1.807, 2.05) is 0 Å². The average Bonchev–Trinajstić information content (AvgIpc) is 2.71. The first-order valence-electron chi connectivity index (χ1n) is 8.61. The lowest BCUT2D eigenvalue weighted by Gasteiger charge is -2.10. The van der Waals surface area contributed by atoms with Gasteiger partial charge < -0.3 is 8.23 Å². The summed E-state index contributed by atoms with van der Waals surface area (Å²) in [5.74, 6) is 0. The Morgan fingerprint density at radius 1 is 0.593 bits per heavy atom. The summed E-state index contributed by atoms with van der Waals surface area (Å²) in [6.07, 6.45) is 0. The summed E-state index contributed by atoms with van der Waals surface area (Å²) in [4.78, 5) is 0. The third-order valence-electron chi connectivity index (χ3n) is 4.95. The Labute approximate surface area is 165 Å². The molecule has 0 N–H and O–H groups in total. The fourth-order valence-electron chi connectivity index (χ4n) is 3.71. The third-order valence-corrected chi connectivity index (χ3v) is 6.68. The van der Waals surface area contributed by atoms with Gasteiger partial charge in [-0.15, -0.1) is 0 Å². The summed E-state index contributed by atoms with van der Waals surface area (Å²) in [6, 6.07) is 28.5. The number of hydrogen-bond donors (Lipinski definition) is 0. The molecule has 7 radical (unpaired) electrons. The highest BCUT2D eigenvalue weighted by molar-refractivity contribution is 6.56. The van der Waals surface area contributed by atoms with Crippen LogP contribution in [0.2, 0.25) is 0 Å². The Balaban J connectivity index is 1.79. The van der Waals surface area contributed by atoms with Crippen LogP contribution < -0.4 is 5.19 Å². The van der Waals surface area contributed by atoms with Crippen LogP contribution >= 0.6 is 0 Å². The lowest BCUT2D eigenvalue weighted by Crippen LogP contribution is -2.21. The Kier molecular flexibility index (Phi) is 4.39. The van der Waals surface area contributed by atoms with Crippen LogP contribution in [0.3, 0.4) is 0 Å². The van der Waals surface area contributed by atoms with Crippen LogP contribution in [-0.4, -0.2) is 30.3 Å². The molecule has 125 valence electrons. The van der Waals surface area contributed by atoms with Gasteiger partial charge in [-0.1, -0.05) is 54.6 Å². The fraction of sp³-hybridized carbons (Fsp3) is 0. The molecule has 5 rings (SSSR count). The molecule has 0 unspecified atom stereocenters. The minimum atomic E-state index is -0.00783. The maximum atomic E-state index is 5.62. The molecule has 0 heterocycles. The lowest BCUT2D eigenvalue weighted by atomic mass is 9.96. The molecule has 0 saturated carbocycles. The van der Waals surface area contributed by atoms with Crippen LogP contribution in [0.4, 0.5) is 0 Å². The van der Waals surface area contributed by atoms with E-state index in [1.54, 1.807) is 0 Å². The lowest BCUT2D eigenvalue weighted by molar-refractivity contribution is 0.508. The number of fused-ring (bicyclic) bond motifs is 5. The zero-order valence-corrected chi connectivity index (χ0v) is 17.3. The van der Waals surface area contributed by atoms with Gasteiger partial charge >= 0.3 is 10.0 Å². The minimum Gasteiger partial charge on any atom is -0.435 e. The molecule has 0 aliphatic carbocycles. The second-order valence-electron chi connectivity index (χ2n) is 6.48. The number of rotatable bonds is 4. The van der Waals surface area contributed by atoms with Crippen LogP contribution in [0, 0.1) is 0 Å². The van der Waals surface area contributed by atoms with Crippen molar-refractivity contribution < 1.29 is 8.23 Å². The van der Waals surface area contributed by atoms with Gasteiger partial charge in [-0.2, -0.15) is 0 Å². The molecule has 0 aromatic heterocycles. The molecule has 0 aliphatic rings. The minimum absolute atomic E-state index is 0.00783. The van der Waals surface area contributed by atoms with E-state index in [4.69, 9.17) is 8.23 Å². The first-order chi connectivity index (χ1) is 13.3.